The maximum Gasteiger partial charge on any atom is 0.243 e. The molecule has 0 unspecified atom stereocenters. The highest BCUT2D eigenvalue weighted by atomic mass is 32.2. The van der Waals surface area contributed by atoms with Gasteiger partial charge in [0.1, 0.15) is 13.2 Å². The maximum atomic E-state index is 13.0. The molecule has 0 radical (unpaired) electrons. The lowest BCUT2D eigenvalue weighted by Crippen LogP contribution is -2.53. The number of carbonyl (C=O) groups excluding carboxylic acids is 1. The van der Waals surface area contributed by atoms with Gasteiger partial charge in [-0.2, -0.15) is 4.31 Å². The van der Waals surface area contributed by atoms with Gasteiger partial charge in [0.2, 0.25) is 15.9 Å². The fourth-order valence-electron chi connectivity index (χ4n) is 3.91. The van der Waals surface area contributed by atoms with Crippen LogP contribution >= 0.6 is 0 Å². The highest BCUT2D eigenvalue weighted by Crippen LogP contribution is 2.33. The Bertz CT molecular complexity index is 825. The van der Waals surface area contributed by atoms with E-state index in [2.05, 4.69) is 0 Å². The summed E-state index contributed by atoms with van der Waals surface area (Å²) in [5, 5.41) is 0. The van der Waals surface area contributed by atoms with Crippen molar-refractivity contribution in [1.29, 1.82) is 0 Å². The molecule has 0 aliphatic carbocycles. The Morgan fingerprint density at radius 2 is 1.59 bits per heavy atom. The Morgan fingerprint density at radius 1 is 1.00 bits per heavy atom. The molecule has 1 fully saturated rings. The molecule has 1 aromatic rings. The number of ether oxygens (including phenoxy) is 2. The zero-order valence-electron chi connectivity index (χ0n) is 17.6. The second-order valence-electron chi connectivity index (χ2n) is 7.97. The van der Waals surface area contributed by atoms with Crippen molar-refractivity contribution in [3.8, 4) is 11.5 Å². The summed E-state index contributed by atoms with van der Waals surface area (Å²) in [4.78, 5) is 16.8. The molecule has 3 rings (SSSR count). The largest absolute Gasteiger partial charge is 0.486 e. The molecule has 0 saturated carbocycles. The van der Waals surface area contributed by atoms with Gasteiger partial charge < -0.3 is 14.4 Å². The molecule has 162 valence electrons. The van der Waals surface area contributed by atoms with E-state index in [-0.39, 0.29) is 22.9 Å². The lowest BCUT2D eigenvalue weighted by atomic mass is 10.2. The number of carbonyl (C=O) groups is 1. The van der Waals surface area contributed by atoms with E-state index >= 15 is 0 Å². The number of nitrogens with zero attached hydrogens (tertiary/aromatic N) is 3. The van der Waals surface area contributed by atoms with Crippen LogP contribution in [-0.4, -0.2) is 86.5 Å². The molecule has 8 nitrogen and oxygen atoms in total. The smallest absolute Gasteiger partial charge is 0.243 e. The van der Waals surface area contributed by atoms with Crippen LogP contribution in [0.2, 0.25) is 0 Å². The molecule has 2 aliphatic rings. The normalized spacial score (nSPS) is 18.3. The predicted octanol–water partition coefficient (Wildman–Crippen LogP) is 1.41. The van der Waals surface area contributed by atoms with Crippen LogP contribution in [0.4, 0.5) is 0 Å². The third kappa shape index (κ3) is 4.84. The Balaban J connectivity index is 1.62. The molecule has 0 bridgehead atoms. The van der Waals surface area contributed by atoms with Crippen molar-refractivity contribution >= 4 is 15.9 Å². The Morgan fingerprint density at radius 3 is 2.17 bits per heavy atom. The molecule has 1 amide bonds. The standard InChI is InChI=1S/C20H31N3O5S/c1-15(2)23(16(3)4)20(24)14-21-7-9-22(10-8-21)29(25,26)17-5-6-18-19(13-17)28-12-11-27-18/h5-6,13,15-16H,7-12,14H2,1-4H3. The molecule has 0 atom stereocenters. The molecule has 0 spiro atoms. The van der Waals surface area contributed by atoms with Gasteiger partial charge in [-0.25, -0.2) is 8.42 Å². The van der Waals surface area contributed by atoms with Gasteiger partial charge in [0.15, 0.2) is 11.5 Å². The van der Waals surface area contributed by atoms with Gasteiger partial charge in [0, 0.05) is 44.3 Å². The van der Waals surface area contributed by atoms with Crippen molar-refractivity contribution in [1.82, 2.24) is 14.1 Å². The number of sulfonamides is 1. The van der Waals surface area contributed by atoms with Gasteiger partial charge in [0.25, 0.3) is 0 Å². The third-order valence-corrected chi connectivity index (χ3v) is 7.14. The summed E-state index contributed by atoms with van der Waals surface area (Å²) in [5.41, 5.74) is 0. The summed E-state index contributed by atoms with van der Waals surface area (Å²) in [6.45, 7) is 11.0. The summed E-state index contributed by atoms with van der Waals surface area (Å²) in [6, 6.07) is 5.01. The van der Waals surface area contributed by atoms with E-state index in [1.807, 2.05) is 37.5 Å². The van der Waals surface area contributed by atoms with Crippen LogP contribution in [0.5, 0.6) is 11.5 Å². The predicted molar refractivity (Wildman–Crippen MR) is 110 cm³/mol. The summed E-state index contributed by atoms with van der Waals surface area (Å²) >= 11 is 0. The first kappa shape index (κ1) is 21.9. The molecule has 1 saturated heterocycles. The molecule has 0 aromatic heterocycles. The van der Waals surface area contributed by atoms with E-state index in [0.29, 0.717) is 57.4 Å². The van der Waals surface area contributed by atoms with Crippen molar-refractivity contribution in [2.45, 2.75) is 44.7 Å². The number of piperazine rings is 1. The van der Waals surface area contributed by atoms with Crippen LogP contribution in [0.3, 0.4) is 0 Å². The van der Waals surface area contributed by atoms with Gasteiger partial charge >= 0.3 is 0 Å². The first-order valence-corrected chi connectivity index (χ1v) is 11.6. The quantitative estimate of drug-likeness (QED) is 0.686. The van der Waals surface area contributed by atoms with E-state index < -0.39 is 10.0 Å². The third-order valence-electron chi connectivity index (χ3n) is 5.24. The summed E-state index contributed by atoms with van der Waals surface area (Å²) in [6.07, 6.45) is 0. The zero-order valence-corrected chi connectivity index (χ0v) is 18.4. The van der Waals surface area contributed by atoms with E-state index in [0.717, 1.165) is 0 Å². The summed E-state index contributed by atoms with van der Waals surface area (Å²) < 4.78 is 38.5. The second-order valence-corrected chi connectivity index (χ2v) is 9.91. The zero-order chi connectivity index (χ0) is 21.2. The van der Waals surface area contributed by atoms with Crippen LogP contribution in [0, 0.1) is 0 Å². The second kappa shape index (κ2) is 8.89. The number of amides is 1. The molecule has 9 heteroatoms. The fraction of sp³-hybridized carbons (Fsp3) is 0.650. The van der Waals surface area contributed by atoms with Crippen LogP contribution in [-0.2, 0) is 14.8 Å². The van der Waals surface area contributed by atoms with Gasteiger partial charge in [-0.1, -0.05) is 0 Å². The lowest BCUT2D eigenvalue weighted by molar-refractivity contribution is -0.136. The number of rotatable bonds is 6. The van der Waals surface area contributed by atoms with E-state index in [1.54, 1.807) is 12.1 Å². The molecule has 0 N–H and O–H groups in total. The van der Waals surface area contributed by atoms with Gasteiger partial charge in [-0.05, 0) is 39.8 Å². The first-order chi connectivity index (χ1) is 13.7. The SMILES string of the molecule is CC(C)N(C(=O)CN1CCN(S(=O)(=O)c2ccc3c(c2)OCCO3)CC1)C(C)C. The minimum atomic E-state index is -3.61. The van der Waals surface area contributed by atoms with Crippen molar-refractivity contribution in [3.63, 3.8) is 0 Å². The monoisotopic (exact) mass is 425 g/mol. The van der Waals surface area contributed by atoms with Crippen LogP contribution < -0.4 is 9.47 Å². The minimum Gasteiger partial charge on any atom is -0.486 e. The fourth-order valence-corrected chi connectivity index (χ4v) is 5.34. The average Bonchev–Trinajstić information content (AvgIpc) is 2.67. The number of hydrogen-bond donors (Lipinski definition) is 0. The minimum absolute atomic E-state index is 0.0816. The van der Waals surface area contributed by atoms with Gasteiger partial charge in [0.05, 0.1) is 11.4 Å². The number of hydrogen-bond acceptors (Lipinski definition) is 6. The topological polar surface area (TPSA) is 79.4 Å². The van der Waals surface area contributed by atoms with E-state index in [9.17, 15) is 13.2 Å². The summed E-state index contributed by atoms with van der Waals surface area (Å²) in [7, 11) is -3.61. The molecule has 2 aliphatic heterocycles. The molecule has 1 aromatic carbocycles. The number of benzene rings is 1. The first-order valence-electron chi connectivity index (χ1n) is 10.1. The Kier molecular flexibility index (Phi) is 6.70. The van der Waals surface area contributed by atoms with Gasteiger partial charge in [-0.15, -0.1) is 0 Å². The summed E-state index contributed by atoms with van der Waals surface area (Å²) in [5.74, 6) is 1.11. The molecule has 2 heterocycles. The lowest BCUT2D eigenvalue weighted by Gasteiger charge is -2.36. The number of fused-ring (bicyclic) bond motifs is 1. The van der Waals surface area contributed by atoms with E-state index in [1.165, 1.54) is 10.4 Å². The molecule has 29 heavy (non-hydrogen) atoms. The Labute approximate surface area is 173 Å². The highest BCUT2D eigenvalue weighted by Gasteiger charge is 2.31. The van der Waals surface area contributed by atoms with Gasteiger partial charge in [-0.3, -0.25) is 9.69 Å². The van der Waals surface area contributed by atoms with Crippen molar-refractivity contribution < 1.29 is 22.7 Å². The average molecular weight is 426 g/mol. The molecular weight excluding hydrogens is 394 g/mol. The van der Waals surface area contributed by atoms with Crippen LogP contribution in [0.25, 0.3) is 0 Å². The van der Waals surface area contributed by atoms with Crippen molar-refractivity contribution in [2.24, 2.45) is 0 Å². The Hall–Kier alpha value is -1.84. The van der Waals surface area contributed by atoms with E-state index in [4.69, 9.17) is 9.47 Å². The maximum absolute atomic E-state index is 13.0. The molecular formula is C20H31N3O5S. The van der Waals surface area contributed by atoms with Crippen LogP contribution in [0.15, 0.2) is 23.1 Å². The van der Waals surface area contributed by atoms with Crippen LogP contribution in [0.1, 0.15) is 27.7 Å². The van der Waals surface area contributed by atoms with Crippen molar-refractivity contribution in [3.05, 3.63) is 18.2 Å². The van der Waals surface area contributed by atoms with Crippen molar-refractivity contribution in [2.75, 3.05) is 45.9 Å². The highest BCUT2D eigenvalue weighted by molar-refractivity contribution is 7.89.